The highest BCUT2D eigenvalue weighted by molar-refractivity contribution is 6.34. The molecule has 0 radical (unpaired) electrons. The van der Waals surface area contributed by atoms with Gasteiger partial charge in [0, 0.05) is 19.7 Å². The van der Waals surface area contributed by atoms with Gasteiger partial charge in [-0.2, -0.15) is 0 Å². The first-order valence-corrected chi connectivity index (χ1v) is 6.63. The number of nitro benzene ring substituents is 1. The van der Waals surface area contributed by atoms with Gasteiger partial charge in [0.2, 0.25) is 0 Å². The van der Waals surface area contributed by atoms with E-state index < -0.39 is 10.8 Å². The zero-order valence-electron chi connectivity index (χ0n) is 10.8. The van der Waals surface area contributed by atoms with Crippen LogP contribution in [-0.2, 0) is 4.74 Å². The van der Waals surface area contributed by atoms with Gasteiger partial charge in [-0.15, -0.1) is 11.6 Å². The number of hydrogen-bond donors (Lipinski definition) is 1. The fraction of sp³-hybridized carbons (Fsp3) is 0.417. The summed E-state index contributed by atoms with van der Waals surface area (Å²) in [6, 6.07) is 4.08. The Morgan fingerprint density at radius 1 is 1.55 bits per heavy atom. The number of benzene rings is 1. The summed E-state index contributed by atoms with van der Waals surface area (Å²) < 4.78 is 4.86. The van der Waals surface area contributed by atoms with Crippen molar-refractivity contribution in [3.05, 3.63) is 38.9 Å². The molecule has 110 valence electrons. The Kier molecular flexibility index (Phi) is 6.70. The number of nitrogens with zero attached hydrogens (tertiary/aromatic N) is 1. The van der Waals surface area contributed by atoms with E-state index in [2.05, 4.69) is 5.32 Å². The first-order chi connectivity index (χ1) is 9.47. The van der Waals surface area contributed by atoms with Crippen molar-refractivity contribution in [3.63, 3.8) is 0 Å². The third kappa shape index (κ3) is 4.63. The van der Waals surface area contributed by atoms with Crippen LogP contribution in [0, 0.1) is 10.1 Å². The minimum atomic E-state index is -0.643. The molecule has 20 heavy (non-hydrogen) atoms. The van der Waals surface area contributed by atoms with E-state index in [4.69, 9.17) is 27.9 Å². The van der Waals surface area contributed by atoms with Crippen molar-refractivity contribution in [1.29, 1.82) is 0 Å². The normalized spacial score (nSPS) is 11.9. The summed E-state index contributed by atoms with van der Waals surface area (Å²) >= 11 is 11.8. The van der Waals surface area contributed by atoms with Crippen molar-refractivity contribution in [1.82, 2.24) is 5.32 Å². The van der Waals surface area contributed by atoms with E-state index in [0.29, 0.717) is 13.0 Å². The number of rotatable bonds is 7. The number of nitrogens with one attached hydrogen (secondary N) is 1. The number of methoxy groups -OCH3 is 1. The van der Waals surface area contributed by atoms with Gasteiger partial charge >= 0.3 is 0 Å². The Labute approximate surface area is 126 Å². The molecular formula is C12H14Cl2N2O4. The lowest BCUT2D eigenvalue weighted by atomic mass is 10.1. The van der Waals surface area contributed by atoms with E-state index in [-0.39, 0.29) is 28.2 Å². The van der Waals surface area contributed by atoms with Gasteiger partial charge < -0.3 is 10.1 Å². The fourth-order valence-corrected chi connectivity index (χ4v) is 2.08. The fourth-order valence-electron chi connectivity index (χ4n) is 1.58. The van der Waals surface area contributed by atoms with Gasteiger partial charge in [0.25, 0.3) is 11.6 Å². The molecule has 1 aromatic carbocycles. The first-order valence-electron chi connectivity index (χ1n) is 5.81. The molecule has 1 aromatic rings. The second-order valence-corrected chi connectivity index (χ2v) is 5.01. The van der Waals surface area contributed by atoms with E-state index in [1.807, 2.05) is 0 Å². The summed E-state index contributed by atoms with van der Waals surface area (Å²) in [5, 5.41) is 13.2. The van der Waals surface area contributed by atoms with E-state index in [1.54, 1.807) is 0 Å². The van der Waals surface area contributed by atoms with Crippen LogP contribution in [-0.4, -0.2) is 36.5 Å². The Balaban J connectivity index is 2.71. The standard InChI is InChI=1S/C12H14Cl2N2O4/c1-20-7-8(13)5-6-15-12(17)11-9(14)3-2-4-10(11)16(18)19/h2-4,8H,5-7H2,1H3,(H,15,17). The van der Waals surface area contributed by atoms with E-state index in [1.165, 1.54) is 25.3 Å². The smallest absolute Gasteiger partial charge is 0.283 e. The molecule has 0 saturated carbocycles. The molecule has 0 aliphatic heterocycles. The van der Waals surface area contributed by atoms with Crippen LogP contribution in [0.15, 0.2) is 18.2 Å². The molecule has 0 aromatic heterocycles. The Morgan fingerprint density at radius 2 is 2.25 bits per heavy atom. The maximum atomic E-state index is 12.0. The maximum Gasteiger partial charge on any atom is 0.283 e. The maximum absolute atomic E-state index is 12.0. The molecule has 0 aliphatic carbocycles. The van der Waals surface area contributed by atoms with E-state index >= 15 is 0 Å². The van der Waals surface area contributed by atoms with Crippen LogP contribution in [0.2, 0.25) is 5.02 Å². The Hall–Kier alpha value is -1.37. The summed E-state index contributed by atoms with van der Waals surface area (Å²) in [7, 11) is 1.53. The van der Waals surface area contributed by atoms with Gasteiger partial charge in [-0.05, 0) is 12.5 Å². The van der Waals surface area contributed by atoms with Crippen molar-refractivity contribution >= 4 is 34.8 Å². The minimum absolute atomic E-state index is 0.0380. The van der Waals surface area contributed by atoms with Gasteiger partial charge in [0.15, 0.2) is 0 Å². The van der Waals surface area contributed by atoms with Crippen LogP contribution in [0.5, 0.6) is 0 Å². The molecule has 6 nitrogen and oxygen atoms in total. The number of ether oxygens (including phenoxy) is 1. The number of halogens is 2. The SMILES string of the molecule is COCC(Cl)CCNC(=O)c1c(Cl)cccc1[N+](=O)[O-]. The number of carbonyl (C=O) groups is 1. The lowest BCUT2D eigenvalue weighted by Crippen LogP contribution is -2.27. The second-order valence-electron chi connectivity index (χ2n) is 3.99. The highest BCUT2D eigenvalue weighted by Crippen LogP contribution is 2.25. The van der Waals surface area contributed by atoms with Crippen LogP contribution in [0.1, 0.15) is 16.8 Å². The van der Waals surface area contributed by atoms with E-state index in [0.717, 1.165) is 0 Å². The predicted molar refractivity (Wildman–Crippen MR) is 76.6 cm³/mol. The van der Waals surface area contributed by atoms with Crippen LogP contribution in [0.4, 0.5) is 5.69 Å². The molecule has 1 unspecified atom stereocenters. The summed E-state index contributed by atoms with van der Waals surface area (Å²) in [6.45, 7) is 0.641. The van der Waals surface area contributed by atoms with Gasteiger partial charge in [-0.3, -0.25) is 14.9 Å². The molecule has 1 amide bonds. The largest absolute Gasteiger partial charge is 0.383 e. The molecule has 0 spiro atoms. The van der Waals surface area contributed by atoms with Crippen LogP contribution >= 0.6 is 23.2 Å². The average Bonchev–Trinajstić information content (AvgIpc) is 2.38. The quantitative estimate of drug-likeness (QED) is 0.475. The topological polar surface area (TPSA) is 81.5 Å². The highest BCUT2D eigenvalue weighted by Gasteiger charge is 2.23. The lowest BCUT2D eigenvalue weighted by molar-refractivity contribution is -0.385. The van der Waals surface area contributed by atoms with Crippen molar-refractivity contribution in [3.8, 4) is 0 Å². The van der Waals surface area contributed by atoms with Crippen LogP contribution in [0.3, 0.4) is 0 Å². The summed E-state index contributed by atoms with van der Waals surface area (Å²) in [5.41, 5.74) is -0.466. The minimum Gasteiger partial charge on any atom is -0.383 e. The number of amides is 1. The first kappa shape index (κ1) is 16.7. The number of hydrogen-bond acceptors (Lipinski definition) is 4. The molecule has 0 fully saturated rings. The Morgan fingerprint density at radius 3 is 2.85 bits per heavy atom. The molecule has 1 rings (SSSR count). The number of nitro groups is 1. The molecule has 0 bridgehead atoms. The lowest BCUT2D eigenvalue weighted by Gasteiger charge is -2.10. The molecule has 8 heteroatoms. The van der Waals surface area contributed by atoms with Gasteiger partial charge in [-0.1, -0.05) is 17.7 Å². The van der Waals surface area contributed by atoms with Crippen molar-refractivity contribution in [2.45, 2.75) is 11.8 Å². The molecule has 1 N–H and O–H groups in total. The zero-order chi connectivity index (χ0) is 15.1. The Bertz CT molecular complexity index is 496. The molecule has 0 heterocycles. The third-order valence-electron chi connectivity index (χ3n) is 2.51. The zero-order valence-corrected chi connectivity index (χ0v) is 12.3. The molecule has 0 saturated heterocycles. The second kappa shape index (κ2) is 8.04. The van der Waals surface area contributed by atoms with Crippen molar-refractivity contribution < 1.29 is 14.5 Å². The van der Waals surface area contributed by atoms with Gasteiger partial charge in [0.1, 0.15) is 5.56 Å². The average molecular weight is 321 g/mol. The van der Waals surface area contributed by atoms with Gasteiger partial charge in [0.05, 0.1) is 21.9 Å². The number of carbonyl (C=O) groups excluding carboxylic acids is 1. The van der Waals surface area contributed by atoms with Crippen molar-refractivity contribution in [2.24, 2.45) is 0 Å². The monoisotopic (exact) mass is 320 g/mol. The summed E-state index contributed by atoms with van der Waals surface area (Å²) in [6.07, 6.45) is 0.486. The summed E-state index contributed by atoms with van der Waals surface area (Å²) in [4.78, 5) is 22.2. The van der Waals surface area contributed by atoms with E-state index in [9.17, 15) is 14.9 Å². The van der Waals surface area contributed by atoms with Crippen LogP contribution in [0.25, 0.3) is 0 Å². The predicted octanol–water partition coefficient (Wildman–Crippen LogP) is 2.62. The van der Waals surface area contributed by atoms with Crippen molar-refractivity contribution in [2.75, 3.05) is 20.3 Å². The van der Waals surface area contributed by atoms with Crippen LogP contribution < -0.4 is 5.32 Å². The molecule has 0 aliphatic rings. The molecular weight excluding hydrogens is 307 g/mol. The highest BCUT2D eigenvalue weighted by atomic mass is 35.5. The summed E-state index contributed by atoms with van der Waals surface area (Å²) in [5.74, 6) is -0.594. The van der Waals surface area contributed by atoms with Gasteiger partial charge in [-0.25, -0.2) is 0 Å². The third-order valence-corrected chi connectivity index (χ3v) is 3.17. The molecule has 1 atom stereocenters. The number of alkyl halides is 1.